The highest BCUT2D eigenvalue weighted by molar-refractivity contribution is 5.53. The van der Waals surface area contributed by atoms with E-state index in [0.29, 0.717) is 18.8 Å². The van der Waals surface area contributed by atoms with Gasteiger partial charge in [0.05, 0.1) is 23.6 Å². The summed E-state index contributed by atoms with van der Waals surface area (Å²) >= 11 is 0. The average molecular weight is 344 g/mol. The highest BCUT2D eigenvalue weighted by Crippen LogP contribution is 2.25. The van der Waals surface area contributed by atoms with Gasteiger partial charge in [-0.3, -0.25) is 14.3 Å². The number of nitriles is 1. The third kappa shape index (κ3) is 3.32. The lowest BCUT2D eigenvalue weighted by atomic mass is 10.2. The molecule has 0 unspecified atom stereocenters. The molecule has 0 spiro atoms. The zero-order chi connectivity index (χ0) is 18.1. The highest BCUT2D eigenvalue weighted by atomic mass is 19.1. The van der Waals surface area contributed by atoms with Gasteiger partial charge in [-0.05, 0) is 26.0 Å². The summed E-state index contributed by atoms with van der Waals surface area (Å²) in [6, 6.07) is 6.07. The van der Waals surface area contributed by atoms with Gasteiger partial charge in [0.25, 0.3) is 5.56 Å². The lowest BCUT2D eigenvalue weighted by Gasteiger charge is -2.37. The topological polar surface area (TPSA) is 91.1 Å². The molecule has 25 heavy (non-hydrogen) atoms. The zero-order valence-electron chi connectivity index (χ0n) is 13.8. The normalized spacial score (nSPS) is 20.3. The number of benzene rings is 1. The molecule has 1 aromatic carbocycles. The molecule has 3 rings (SSSR count). The highest BCUT2D eigenvalue weighted by Gasteiger charge is 2.24. The molecular formula is C17H17FN4O3. The summed E-state index contributed by atoms with van der Waals surface area (Å²) in [5, 5.41) is 8.92. The van der Waals surface area contributed by atoms with Gasteiger partial charge in [-0.15, -0.1) is 0 Å². The van der Waals surface area contributed by atoms with E-state index in [4.69, 9.17) is 10.00 Å². The van der Waals surface area contributed by atoms with Gasteiger partial charge >= 0.3 is 5.69 Å². The summed E-state index contributed by atoms with van der Waals surface area (Å²) < 4.78 is 21.3. The largest absolute Gasteiger partial charge is 0.372 e. The second kappa shape index (κ2) is 6.53. The molecule has 1 N–H and O–H groups in total. The first kappa shape index (κ1) is 16.9. The van der Waals surface area contributed by atoms with Gasteiger partial charge in [0, 0.05) is 25.4 Å². The molecule has 1 aromatic heterocycles. The summed E-state index contributed by atoms with van der Waals surface area (Å²) in [5.41, 5.74) is -1.07. The van der Waals surface area contributed by atoms with Crippen LogP contribution in [0.4, 0.5) is 10.1 Å². The fourth-order valence-corrected chi connectivity index (χ4v) is 3.02. The van der Waals surface area contributed by atoms with Crippen LogP contribution in [0.1, 0.15) is 19.4 Å². The van der Waals surface area contributed by atoms with Crippen LogP contribution in [0.2, 0.25) is 0 Å². The Bertz CT molecular complexity index is 950. The van der Waals surface area contributed by atoms with Crippen molar-refractivity contribution in [2.75, 3.05) is 18.0 Å². The Morgan fingerprint density at radius 2 is 1.96 bits per heavy atom. The Labute approximate surface area is 142 Å². The predicted octanol–water partition coefficient (Wildman–Crippen LogP) is 1.15. The minimum atomic E-state index is -0.767. The summed E-state index contributed by atoms with van der Waals surface area (Å²) in [5.74, 6) is -0.490. The standard InChI is InChI=1S/C17H17FN4O3/c1-10-7-21(8-11(2)25-10)15-4-3-13(5-14(15)18)22-9-12(6-19)16(23)20-17(22)24/h3-5,9-11H,7-8H2,1-2H3,(H,20,23,24)/t10-,11-/m0/s1. The minimum absolute atomic E-state index is 0.0113. The van der Waals surface area contributed by atoms with Crippen molar-refractivity contribution in [3.05, 3.63) is 56.6 Å². The summed E-state index contributed by atoms with van der Waals surface area (Å²) in [7, 11) is 0. The van der Waals surface area contributed by atoms with Crippen molar-refractivity contribution in [2.45, 2.75) is 26.1 Å². The van der Waals surface area contributed by atoms with Gasteiger partial charge < -0.3 is 9.64 Å². The molecule has 1 aliphatic rings. The summed E-state index contributed by atoms with van der Waals surface area (Å²) in [4.78, 5) is 27.3. The first-order valence-electron chi connectivity index (χ1n) is 7.85. The van der Waals surface area contributed by atoms with Crippen LogP contribution in [0.25, 0.3) is 5.69 Å². The second-order valence-corrected chi connectivity index (χ2v) is 6.08. The number of aromatic amines is 1. The van der Waals surface area contributed by atoms with E-state index in [-0.39, 0.29) is 23.5 Å². The van der Waals surface area contributed by atoms with Crippen LogP contribution >= 0.6 is 0 Å². The molecule has 1 aliphatic heterocycles. The Balaban J connectivity index is 2.00. The lowest BCUT2D eigenvalue weighted by Crippen LogP contribution is -2.45. The smallest absolute Gasteiger partial charge is 0.332 e. The second-order valence-electron chi connectivity index (χ2n) is 6.08. The van der Waals surface area contributed by atoms with E-state index in [1.54, 1.807) is 18.2 Å². The maximum atomic E-state index is 14.6. The monoisotopic (exact) mass is 344 g/mol. The third-order valence-electron chi connectivity index (χ3n) is 4.03. The Hall–Kier alpha value is -2.92. The van der Waals surface area contributed by atoms with Crippen molar-refractivity contribution in [3.8, 4) is 11.8 Å². The first-order chi connectivity index (χ1) is 11.9. The predicted molar refractivity (Wildman–Crippen MR) is 89.6 cm³/mol. The summed E-state index contributed by atoms with van der Waals surface area (Å²) in [6.07, 6.45) is 1.08. The number of halogens is 1. The van der Waals surface area contributed by atoms with Crippen molar-refractivity contribution in [3.63, 3.8) is 0 Å². The molecule has 1 saturated heterocycles. The molecule has 0 amide bonds. The first-order valence-corrected chi connectivity index (χ1v) is 7.85. The molecule has 2 atom stereocenters. The van der Waals surface area contributed by atoms with Gasteiger partial charge in [0.1, 0.15) is 17.4 Å². The van der Waals surface area contributed by atoms with E-state index in [9.17, 15) is 14.0 Å². The van der Waals surface area contributed by atoms with Gasteiger partial charge in [0.2, 0.25) is 0 Å². The van der Waals surface area contributed by atoms with E-state index in [0.717, 1.165) is 10.8 Å². The molecule has 2 aromatic rings. The number of nitrogens with zero attached hydrogens (tertiary/aromatic N) is 3. The number of rotatable bonds is 2. The van der Waals surface area contributed by atoms with E-state index in [1.807, 2.05) is 23.7 Å². The van der Waals surface area contributed by atoms with Crippen LogP contribution < -0.4 is 16.1 Å². The zero-order valence-corrected chi connectivity index (χ0v) is 13.8. The molecule has 0 bridgehead atoms. The van der Waals surface area contributed by atoms with Crippen LogP contribution in [-0.4, -0.2) is 34.8 Å². The Kier molecular flexibility index (Phi) is 4.42. The van der Waals surface area contributed by atoms with Crippen LogP contribution in [0.5, 0.6) is 0 Å². The molecular weight excluding hydrogens is 327 g/mol. The lowest BCUT2D eigenvalue weighted by molar-refractivity contribution is -0.00539. The maximum Gasteiger partial charge on any atom is 0.332 e. The number of hydrogen-bond acceptors (Lipinski definition) is 5. The molecule has 1 fully saturated rings. The SMILES string of the molecule is C[C@H]1CN(c2ccc(-n3cc(C#N)c(=O)[nH]c3=O)cc2F)C[C@H](C)O1. The summed E-state index contributed by atoms with van der Waals surface area (Å²) in [6.45, 7) is 4.99. The number of anilines is 1. The average Bonchev–Trinajstić information content (AvgIpc) is 2.54. The molecule has 0 aliphatic carbocycles. The molecule has 8 heteroatoms. The van der Waals surface area contributed by atoms with Crippen LogP contribution in [-0.2, 0) is 4.74 Å². The van der Waals surface area contributed by atoms with Crippen molar-refractivity contribution in [2.24, 2.45) is 0 Å². The quantitative estimate of drug-likeness (QED) is 0.882. The van der Waals surface area contributed by atoms with Gasteiger partial charge in [-0.1, -0.05) is 0 Å². The number of nitrogens with one attached hydrogen (secondary N) is 1. The van der Waals surface area contributed by atoms with Crippen LogP contribution in [0, 0.1) is 17.1 Å². The van der Waals surface area contributed by atoms with E-state index in [1.165, 1.54) is 6.07 Å². The van der Waals surface area contributed by atoms with Crippen LogP contribution in [0.15, 0.2) is 34.0 Å². The number of ether oxygens (including phenoxy) is 1. The number of aromatic nitrogens is 2. The Morgan fingerprint density at radius 3 is 2.56 bits per heavy atom. The fraction of sp³-hybridized carbons (Fsp3) is 0.353. The minimum Gasteiger partial charge on any atom is -0.372 e. The van der Waals surface area contributed by atoms with Crippen molar-refractivity contribution < 1.29 is 9.13 Å². The molecule has 130 valence electrons. The van der Waals surface area contributed by atoms with Crippen molar-refractivity contribution in [1.82, 2.24) is 9.55 Å². The third-order valence-corrected chi connectivity index (χ3v) is 4.03. The maximum absolute atomic E-state index is 14.6. The number of morpholine rings is 1. The van der Waals surface area contributed by atoms with E-state index >= 15 is 0 Å². The van der Waals surface area contributed by atoms with E-state index in [2.05, 4.69) is 0 Å². The van der Waals surface area contributed by atoms with E-state index < -0.39 is 17.1 Å². The van der Waals surface area contributed by atoms with Gasteiger partial charge in [0.15, 0.2) is 0 Å². The molecule has 0 saturated carbocycles. The van der Waals surface area contributed by atoms with Gasteiger partial charge in [-0.2, -0.15) is 5.26 Å². The number of hydrogen-bond donors (Lipinski definition) is 1. The molecule has 7 nitrogen and oxygen atoms in total. The molecule has 0 radical (unpaired) electrons. The molecule has 2 heterocycles. The van der Waals surface area contributed by atoms with Crippen molar-refractivity contribution >= 4 is 5.69 Å². The van der Waals surface area contributed by atoms with Crippen LogP contribution in [0.3, 0.4) is 0 Å². The Morgan fingerprint density at radius 1 is 1.28 bits per heavy atom. The van der Waals surface area contributed by atoms with Gasteiger partial charge in [-0.25, -0.2) is 9.18 Å². The number of H-pyrrole nitrogens is 1. The van der Waals surface area contributed by atoms with Crippen molar-refractivity contribution in [1.29, 1.82) is 5.26 Å². The fourth-order valence-electron chi connectivity index (χ4n) is 3.02.